The summed E-state index contributed by atoms with van der Waals surface area (Å²) in [7, 11) is -0.721. The van der Waals surface area contributed by atoms with Crippen LogP contribution in [0.4, 0.5) is 8.78 Å². The Morgan fingerprint density at radius 1 is 1.27 bits per heavy atom. The first-order valence-corrected chi connectivity index (χ1v) is 7.84. The molecule has 0 amide bonds. The van der Waals surface area contributed by atoms with Crippen LogP contribution in [-0.4, -0.2) is 30.9 Å². The van der Waals surface area contributed by atoms with E-state index in [4.69, 9.17) is 9.31 Å². The number of thiophene rings is 1. The zero-order chi connectivity index (χ0) is 16.8. The predicted molar refractivity (Wildman–Crippen MR) is 80.6 cm³/mol. The molecule has 1 aromatic rings. The van der Waals surface area contributed by atoms with Crippen LogP contribution in [0.1, 0.15) is 39.5 Å². The molecule has 0 saturated carbocycles. The number of halogens is 2. The van der Waals surface area contributed by atoms with Gasteiger partial charge in [0.1, 0.15) is 0 Å². The van der Waals surface area contributed by atoms with Crippen LogP contribution in [0.25, 0.3) is 0 Å². The van der Waals surface area contributed by atoms with E-state index in [9.17, 15) is 13.6 Å². The molecule has 1 aliphatic heterocycles. The van der Waals surface area contributed by atoms with E-state index in [0.29, 0.717) is 4.78 Å². The zero-order valence-corrected chi connectivity index (χ0v) is 14.1. The lowest BCUT2D eigenvalue weighted by Gasteiger charge is -2.32. The quantitative estimate of drug-likeness (QED) is 0.628. The maximum Gasteiger partial charge on any atom is 0.505 e. The first-order chi connectivity index (χ1) is 10.0. The zero-order valence-electron chi connectivity index (χ0n) is 13.2. The monoisotopic (exact) mass is 332 g/mol. The molecule has 1 saturated heterocycles. The van der Waals surface area contributed by atoms with Crippen LogP contribution in [0.3, 0.4) is 0 Å². The Balaban J connectivity index is 2.21. The summed E-state index contributed by atoms with van der Waals surface area (Å²) in [5.74, 6) is -5.21. The highest BCUT2D eigenvalue weighted by atomic mass is 32.1. The molecule has 2 rings (SSSR count). The topological polar surface area (TPSA) is 44.8 Å². The van der Waals surface area contributed by atoms with Gasteiger partial charge in [-0.05, 0) is 40.7 Å². The van der Waals surface area contributed by atoms with Crippen molar-refractivity contribution in [3.05, 3.63) is 17.0 Å². The van der Waals surface area contributed by atoms with E-state index in [1.54, 1.807) is 0 Å². The first kappa shape index (κ1) is 17.4. The molecule has 1 aromatic heterocycles. The van der Waals surface area contributed by atoms with Crippen LogP contribution in [0, 0.1) is 0 Å². The number of rotatable bonds is 4. The molecule has 8 heteroatoms. The van der Waals surface area contributed by atoms with Gasteiger partial charge in [0.15, 0.2) is 0 Å². The number of hydrogen-bond acceptors (Lipinski definition) is 5. The van der Waals surface area contributed by atoms with E-state index in [0.717, 1.165) is 11.3 Å². The molecular formula is C14H19BF2O4S. The summed E-state index contributed by atoms with van der Waals surface area (Å²) in [6, 6.07) is 2.71. The lowest BCUT2D eigenvalue weighted by atomic mass is 9.88. The number of esters is 1. The Labute approximate surface area is 132 Å². The van der Waals surface area contributed by atoms with Gasteiger partial charge < -0.3 is 14.0 Å². The average Bonchev–Trinajstić information content (AvgIpc) is 2.94. The second kappa shape index (κ2) is 5.58. The number of hydrogen-bond donors (Lipinski definition) is 0. The molecule has 4 nitrogen and oxygen atoms in total. The summed E-state index contributed by atoms with van der Waals surface area (Å²) in [4.78, 5) is 11.0. The molecule has 1 fully saturated rings. The van der Waals surface area contributed by atoms with Crippen molar-refractivity contribution in [2.45, 2.75) is 51.7 Å². The Bertz CT molecular complexity index is 555. The Hall–Kier alpha value is -0.985. The summed E-state index contributed by atoms with van der Waals surface area (Å²) in [5.41, 5.74) is -1.10. The van der Waals surface area contributed by atoms with Crippen molar-refractivity contribution in [2.24, 2.45) is 0 Å². The highest BCUT2D eigenvalue weighted by Gasteiger charge is 2.53. The summed E-state index contributed by atoms with van der Waals surface area (Å²) >= 11 is 0.792. The van der Waals surface area contributed by atoms with Crippen molar-refractivity contribution in [3.63, 3.8) is 0 Å². The van der Waals surface area contributed by atoms with Gasteiger partial charge in [0.25, 0.3) is 0 Å². The van der Waals surface area contributed by atoms with Crippen LogP contribution >= 0.6 is 11.3 Å². The minimum absolute atomic E-state index is 0.0934. The van der Waals surface area contributed by atoms with Crippen molar-refractivity contribution in [1.82, 2.24) is 0 Å². The van der Waals surface area contributed by atoms with Crippen molar-refractivity contribution in [3.8, 4) is 0 Å². The Morgan fingerprint density at radius 2 is 1.82 bits per heavy atom. The molecule has 22 heavy (non-hydrogen) atoms. The smallest absolute Gasteiger partial charge is 0.461 e. The fraction of sp³-hybridized carbons (Fsp3) is 0.643. The molecule has 0 radical (unpaired) electrons. The standard InChI is InChI=1S/C14H19BF2O4S/c1-6-19-11(18)14(16,17)9-7-8-10(22-9)15-20-12(2,3)13(4,5)21-15/h7-8H,6H2,1-5H3. The Kier molecular flexibility index (Phi) is 4.41. The summed E-state index contributed by atoms with van der Waals surface area (Å²) in [6.07, 6.45) is 0. The van der Waals surface area contributed by atoms with E-state index in [1.807, 2.05) is 27.7 Å². The van der Waals surface area contributed by atoms with Gasteiger partial charge in [0, 0.05) is 4.78 Å². The molecule has 0 bridgehead atoms. The van der Waals surface area contributed by atoms with E-state index < -0.39 is 30.2 Å². The van der Waals surface area contributed by atoms with Gasteiger partial charge in [-0.3, -0.25) is 0 Å². The lowest BCUT2D eigenvalue weighted by molar-refractivity contribution is -0.172. The maximum atomic E-state index is 14.0. The van der Waals surface area contributed by atoms with E-state index in [2.05, 4.69) is 4.74 Å². The van der Waals surface area contributed by atoms with Gasteiger partial charge in [-0.2, -0.15) is 8.78 Å². The summed E-state index contributed by atoms with van der Waals surface area (Å²) in [6.45, 7) is 8.93. The van der Waals surface area contributed by atoms with Crippen molar-refractivity contribution >= 4 is 29.2 Å². The number of alkyl halides is 2. The second-order valence-electron chi connectivity index (χ2n) is 6.09. The minimum Gasteiger partial charge on any atom is -0.461 e. The third kappa shape index (κ3) is 2.91. The molecule has 2 heterocycles. The van der Waals surface area contributed by atoms with Crippen LogP contribution < -0.4 is 4.78 Å². The molecule has 0 unspecified atom stereocenters. The third-order valence-corrected chi connectivity index (χ3v) is 5.13. The number of carbonyl (C=O) groups excluding carboxylic acids is 1. The number of carbonyl (C=O) groups is 1. The highest BCUT2D eigenvalue weighted by molar-refractivity contribution is 7.22. The minimum atomic E-state index is -3.66. The van der Waals surface area contributed by atoms with Gasteiger partial charge in [-0.1, -0.05) is 6.07 Å². The molecule has 0 N–H and O–H groups in total. The molecule has 0 aromatic carbocycles. The normalized spacial score (nSPS) is 20.2. The fourth-order valence-electron chi connectivity index (χ4n) is 1.93. The van der Waals surface area contributed by atoms with Gasteiger partial charge in [0.2, 0.25) is 0 Å². The van der Waals surface area contributed by atoms with Crippen molar-refractivity contribution in [1.29, 1.82) is 0 Å². The van der Waals surface area contributed by atoms with E-state index in [-0.39, 0.29) is 11.5 Å². The molecule has 1 aliphatic rings. The highest BCUT2D eigenvalue weighted by Crippen LogP contribution is 2.38. The van der Waals surface area contributed by atoms with E-state index >= 15 is 0 Å². The fourth-order valence-corrected chi connectivity index (χ4v) is 2.86. The molecular weight excluding hydrogens is 313 g/mol. The largest absolute Gasteiger partial charge is 0.505 e. The van der Waals surface area contributed by atoms with Gasteiger partial charge in [-0.25, -0.2) is 4.79 Å². The predicted octanol–water partition coefficient (Wildman–Crippen LogP) is 2.70. The van der Waals surface area contributed by atoms with Gasteiger partial charge >= 0.3 is 19.0 Å². The first-order valence-electron chi connectivity index (χ1n) is 7.02. The average molecular weight is 332 g/mol. The Morgan fingerprint density at radius 3 is 2.32 bits per heavy atom. The van der Waals surface area contributed by atoms with Crippen LogP contribution in [0.2, 0.25) is 0 Å². The maximum absolute atomic E-state index is 14.0. The third-order valence-electron chi connectivity index (χ3n) is 3.95. The number of ether oxygens (including phenoxy) is 1. The molecule has 0 aliphatic carbocycles. The van der Waals surface area contributed by atoms with Crippen LogP contribution in [0.15, 0.2) is 12.1 Å². The van der Waals surface area contributed by atoms with E-state index in [1.165, 1.54) is 19.1 Å². The van der Waals surface area contributed by atoms with Gasteiger partial charge in [0.05, 0.1) is 22.7 Å². The molecule has 122 valence electrons. The second-order valence-corrected chi connectivity index (χ2v) is 7.20. The molecule has 0 spiro atoms. The summed E-state index contributed by atoms with van der Waals surface area (Å²) in [5, 5.41) is 0. The van der Waals surface area contributed by atoms with Crippen LogP contribution in [0.5, 0.6) is 0 Å². The summed E-state index contributed by atoms with van der Waals surface area (Å²) < 4.78 is 44.5. The van der Waals surface area contributed by atoms with Crippen LogP contribution in [-0.2, 0) is 24.8 Å². The lowest BCUT2D eigenvalue weighted by Crippen LogP contribution is -2.41. The van der Waals surface area contributed by atoms with Gasteiger partial charge in [-0.15, -0.1) is 11.3 Å². The van der Waals surface area contributed by atoms with Crippen molar-refractivity contribution in [2.75, 3.05) is 6.61 Å². The molecule has 0 atom stereocenters. The van der Waals surface area contributed by atoms with Crippen molar-refractivity contribution < 1.29 is 27.6 Å². The SMILES string of the molecule is CCOC(=O)C(F)(F)c1ccc(B2OC(C)(C)C(C)(C)O2)s1.